The van der Waals surface area contributed by atoms with Crippen LogP contribution in [0.25, 0.3) is 0 Å². The third kappa shape index (κ3) is 12.0. The number of carbonyl (C=O) groups excluding carboxylic acids is 4. The molecule has 0 aliphatic carbocycles. The molecule has 0 bridgehead atoms. The van der Waals surface area contributed by atoms with Gasteiger partial charge in [0, 0.05) is 24.7 Å². The van der Waals surface area contributed by atoms with Gasteiger partial charge in [-0.3, -0.25) is 14.4 Å². The number of aliphatic hydroxyl groups is 1. The predicted octanol–water partition coefficient (Wildman–Crippen LogP) is 5.81. The van der Waals surface area contributed by atoms with Gasteiger partial charge in [0.25, 0.3) is 0 Å². The lowest BCUT2D eigenvalue weighted by molar-refractivity contribution is -0.129. The van der Waals surface area contributed by atoms with Crippen LogP contribution < -0.4 is 0 Å². The molecule has 0 saturated heterocycles. The fraction of sp³-hybridized carbons (Fsp3) is 0.760. The molecule has 184 valence electrons. The van der Waals surface area contributed by atoms with Crippen molar-refractivity contribution < 1.29 is 33.8 Å². The first-order valence-electron chi connectivity index (χ1n) is 11.6. The standard InChI is InChI=1S/C25H42O7/c1-15(2)9-11-19(13-20(26)12-10-16(3)4)23(28)21(22(27)18(7)8)24(29)32-25(30)31-14-17(5)6/h15-19,29H,9-14H2,1-8H3/b24-21-/t19-/m1/s1. The van der Waals surface area contributed by atoms with Gasteiger partial charge in [-0.05, 0) is 30.6 Å². The van der Waals surface area contributed by atoms with Gasteiger partial charge >= 0.3 is 12.1 Å². The van der Waals surface area contributed by atoms with E-state index in [0.29, 0.717) is 37.5 Å². The third-order valence-electron chi connectivity index (χ3n) is 4.88. The van der Waals surface area contributed by atoms with E-state index in [1.165, 1.54) is 0 Å². The van der Waals surface area contributed by atoms with Crippen LogP contribution in [0.5, 0.6) is 0 Å². The summed E-state index contributed by atoms with van der Waals surface area (Å²) >= 11 is 0. The number of Topliss-reactive ketones (excluding diaryl/α,β-unsaturated/α-hetero) is 3. The summed E-state index contributed by atoms with van der Waals surface area (Å²) in [7, 11) is 0. The van der Waals surface area contributed by atoms with E-state index in [2.05, 4.69) is 0 Å². The Labute approximate surface area is 192 Å². The highest BCUT2D eigenvalue weighted by Gasteiger charge is 2.34. The molecule has 0 fully saturated rings. The topological polar surface area (TPSA) is 107 Å². The average Bonchev–Trinajstić information content (AvgIpc) is 2.67. The Morgan fingerprint density at radius 1 is 0.750 bits per heavy atom. The molecule has 1 N–H and O–H groups in total. The van der Waals surface area contributed by atoms with Crippen LogP contribution in [0.4, 0.5) is 4.79 Å². The van der Waals surface area contributed by atoms with Crippen LogP contribution in [0.15, 0.2) is 11.5 Å². The molecule has 0 saturated carbocycles. The number of hydrogen-bond acceptors (Lipinski definition) is 7. The van der Waals surface area contributed by atoms with Crippen LogP contribution in [0, 0.1) is 29.6 Å². The smallest absolute Gasteiger partial charge is 0.480 e. The Bertz CT molecular complexity index is 672. The Hall–Kier alpha value is -2.18. The molecule has 0 aliphatic rings. The molecule has 7 heteroatoms. The molecule has 0 unspecified atom stereocenters. The van der Waals surface area contributed by atoms with E-state index >= 15 is 0 Å². The Kier molecular flexibility index (Phi) is 13.8. The maximum Gasteiger partial charge on any atom is 0.516 e. The van der Waals surface area contributed by atoms with E-state index in [4.69, 9.17) is 9.47 Å². The van der Waals surface area contributed by atoms with Crippen LogP contribution in [-0.2, 0) is 23.9 Å². The Balaban J connectivity index is 5.84. The van der Waals surface area contributed by atoms with Gasteiger partial charge < -0.3 is 14.6 Å². The molecule has 0 aromatic carbocycles. The van der Waals surface area contributed by atoms with E-state index in [-0.39, 0.29) is 24.7 Å². The molecule has 32 heavy (non-hydrogen) atoms. The van der Waals surface area contributed by atoms with Crippen molar-refractivity contribution in [2.24, 2.45) is 29.6 Å². The van der Waals surface area contributed by atoms with E-state index in [9.17, 15) is 24.3 Å². The maximum atomic E-state index is 13.3. The third-order valence-corrected chi connectivity index (χ3v) is 4.88. The monoisotopic (exact) mass is 454 g/mol. The number of ether oxygens (including phenoxy) is 2. The minimum absolute atomic E-state index is 0.0157. The molecular weight excluding hydrogens is 412 g/mol. The number of allylic oxidation sites excluding steroid dienone is 1. The van der Waals surface area contributed by atoms with Crippen molar-refractivity contribution in [2.45, 2.75) is 87.5 Å². The summed E-state index contributed by atoms with van der Waals surface area (Å²) in [5.41, 5.74) is -0.577. The first-order chi connectivity index (χ1) is 14.8. The van der Waals surface area contributed by atoms with Crippen molar-refractivity contribution >= 4 is 23.5 Å². The minimum Gasteiger partial charge on any atom is -0.480 e. The number of hydrogen-bond donors (Lipinski definition) is 1. The zero-order valence-corrected chi connectivity index (χ0v) is 21.0. The van der Waals surface area contributed by atoms with Crippen LogP contribution in [0.1, 0.15) is 87.5 Å². The highest BCUT2D eigenvalue weighted by Crippen LogP contribution is 2.25. The van der Waals surface area contributed by atoms with Gasteiger partial charge in [0.05, 0.1) is 6.61 Å². The van der Waals surface area contributed by atoms with E-state index in [1.54, 1.807) is 13.8 Å². The van der Waals surface area contributed by atoms with Crippen molar-refractivity contribution in [1.29, 1.82) is 0 Å². The first-order valence-corrected chi connectivity index (χ1v) is 11.6. The van der Waals surface area contributed by atoms with Crippen LogP contribution in [0.2, 0.25) is 0 Å². The number of carbonyl (C=O) groups is 4. The fourth-order valence-corrected chi connectivity index (χ4v) is 2.91. The van der Waals surface area contributed by atoms with Gasteiger partial charge in [-0.15, -0.1) is 0 Å². The van der Waals surface area contributed by atoms with E-state index in [0.717, 1.165) is 0 Å². The zero-order chi connectivity index (χ0) is 25.0. The van der Waals surface area contributed by atoms with Gasteiger partial charge in [0.1, 0.15) is 11.4 Å². The van der Waals surface area contributed by atoms with Crippen molar-refractivity contribution in [1.82, 2.24) is 0 Å². The molecule has 7 nitrogen and oxygen atoms in total. The minimum atomic E-state index is -1.19. The summed E-state index contributed by atoms with van der Waals surface area (Å²) in [6.07, 6.45) is 0.930. The predicted molar refractivity (Wildman–Crippen MR) is 123 cm³/mol. The summed E-state index contributed by atoms with van der Waals surface area (Å²) in [5, 5.41) is 10.4. The quantitative estimate of drug-likeness (QED) is 0.109. The highest BCUT2D eigenvalue weighted by atomic mass is 16.8. The SMILES string of the molecule is CC(C)CCC(=O)C[C@@H](CCC(C)C)C(=O)/C(C(=O)C(C)C)=C(/O)OC(=O)OCC(C)C. The maximum absolute atomic E-state index is 13.3. The second-order valence-electron chi connectivity index (χ2n) is 9.96. The van der Waals surface area contributed by atoms with Gasteiger partial charge in [-0.2, -0.15) is 0 Å². The molecule has 0 spiro atoms. The van der Waals surface area contributed by atoms with Crippen molar-refractivity contribution in [2.75, 3.05) is 6.61 Å². The van der Waals surface area contributed by atoms with Crippen molar-refractivity contribution in [3.8, 4) is 0 Å². The van der Waals surface area contributed by atoms with Crippen LogP contribution in [-0.4, -0.2) is 35.2 Å². The highest BCUT2D eigenvalue weighted by molar-refractivity contribution is 6.22. The summed E-state index contributed by atoms with van der Waals surface area (Å²) in [4.78, 5) is 50.5. The van der Waals surface area contributed by atoms with Gasteiger partial charge in [-0.25, -0.2) is 4.79 Å². The van der Waals surface area contributed by atoms with E-state index < -0.39 is 41.1 Å². The largest absolute Gasteiger partial charge is 0.516 e. The summed E-state index contributed by atoms with van der Waals surface area (Å²) in [6, 6.07) is 0. The lowest BCUT2D eigenvalue weighted by atomic mass is 9.83. The van der Waals surface area contributed by atoms with Gasteiger partial charge in [0.15, 0.2) is 11.6 Å². The Morgan fingerprint density at radius 3 is 1.78 bits per heavy atom. The number of rotatable bonds is 15. The van der Waals surface area contributed by atoms with Gasteiger partial charge in [-0.1, -0.05) is 61.8 Å². The molecule has 0 aromatic heterocycles. The second-order valence-corrected chi connectivity index (χ2v) is 9.96. The lowest BCUT2D eigenvalue weighted by Crippen LogP contribution is -2.29. The molecule has 0 aromatic rings. The molecule has 0 rings (SSSR count). The summed E-state index contributed by atoms with van der Waals surface area (Å²) in [6.45, 7) is 14.9. The van der Waals surface area contributed by atoms with Crippen molar-refractivity contribution in [3.05, 3.63) is 11.5 Å². The average molecular weight is 455 g/mol. The lowest BCUT2D eigenvalue weighted by Gasteiger charge is -2.19. The summed E-state index contributed by atoms with van der Waals surface area (Å²) < 4.78 is 9.63. The van der Waals surface area contributed by atoms with Crippen LogP contribution >= 0.6 is 0 Å². The zero-order valence-electron chi connectivity index (χ0n) is 21.0. The van der Waals surface area contributed by atoms with E-state index in [1.807, 2.05) is 41.5 Å². The second kappa shape index (κ2) is 14.8. The fourth-order valence-electron chi connectivity index (χ4n) is 2.91. The molecule has 0 amide bonds. The number of aliphatic hydroxyl groups excluding tert-OH is 1. The molecule has 0 radical (unpaired) electrons. The Morgan fingerprint density at radius 2 is 1.31 bits per heavy atom. The first kappa shape index (κ1) is 29.8. The number of ketones is 3. The molecule has 1 atom stereocenters. The summed E-state index contributed by atoms with van der Waals surface area (Å²) in [5.74, 6) is -3.13. The molecule has 0 aliphatic heterocycles. The van der Waals surface area contributed by atoms with Crippen LogP contribution in [0.3, 0.4) is 0 Å². The van der Waals surface area contributed by atoms with Gasteiger partial charge in [0.2, 0.25) is 0 Å². The molecular formula is C25H42O7. The molecule has 0 heterocycles. The van der Waals surface area contributed by atoms with Crippen molar-refractivity contribution in [3.63, 3.8) is 0 Å². The normalized spacial score (nSPS) is 13.4.